The Labute approximate surface area is 140 Å². The van der Waals surface area contributed by atoms with Gasteiger partial charge in [-0.05, 0) is 6.42 Å². The van der Waals surface area contributed by atoms with E-state index >= 15 is 0 Å². The van der Waals surface area contributed by atoms with Crippen molar-refractivity contribution in [3.8, 4) is 0 Å². The minimum absolute atomic E-state index is 0. The Morgan fingerprint density at radius 1 is 1.19 bits per heavy atom. The Bertz CT molecular complexity index is 440. The molecule has 0 spiro atoms. The summed E-state index contributed by atoms with van der Waals surface area (Å²) in [5.41, 5.74) is 1.24. The number of aliphatic hydroxyl groups excluding tert-OH is 1. The van der Waals surface area contributed by atoms with E-state index in [9.17, 15) is 5.11 Å². The van der Waals surface area contributed by atoms with Gasteiger partial charge >= 0.3 is 0 Å². The van der Waals surface area contributed by atoms with Crippen molar-refractivity contribution in [3.05, 3.63) is 54.1 Å². The molecule has 2 aromatic rings. The number of hydrogen-bond acceptors (Lipinski definition) is 2. The van der Waals surface area contributed by atoms with Gasteiger partial charge in [0.1, 0.15) is 0 Å². The van der Waals surface area contributed by atoms with Gasteiger partial charge in [-0.2, -0.15) is 11.3 Å². The average molecular weight is 346 g/mol. The first kappa shape index (κ1) is 20.4. The summed E-state index contributed by atoms with van der Waals surface area (Å²) in [7, 11) is -1.27. The standard InChI is InChI=1S/C12H21O2Si.C5H5.Fe/c1-5-12(13)14-9-10-7-6-8-11(10)15(2,3)4;1-2-4-5-3-1;/h6-8,12-13H,5,9H2,1-4H3;1-5H;/q-1;-5;. The summed E-state index contributed by atoms with van der Waals surface area (Å²) in [6.07, 6.45) is 0.0117. The third-order valence-corrected chi connectivity index (χ3v) is 5.15. The molecule has 0 amide bonds. The molecule has 0 saturated heterocycles. The van der Waals surface area contributed by atoms with Crippen LogP contribution >= 0.6 is 0 Å². The van der Waals surface area contributed by atoms with Gasteiger partial charge in [0.2, 0.25) is 0 Å². The van der Waals surface area contributed by atoms with Gasteiger partial charge in [-0.1, -0.05) is 26.6 Å². The molecule has 1 atom stereocenters. The molecule has 2 aromatic carbocycles. The SMILES string of the molecule is CCC(O)OC[c-]1cccc1[Si](C)(C)C.[Fe].[cH-]1[cH-][cH-][cH-][cH-]1. The molecule has 0 aromatic heterocycles. The minimum Gasteiger partial charge on any atom is -0.748 e. The molecule has 4 heteroatoms. The fourth-order valence-corrected chi connectivity index (χ4v) is 3.65. The number of ether oxygens (including phenoxy) is 1. The van der Waals surface area contributed by atoms with E-state index < -0.39 is 14.4 Å². The van der Waals surface area contributed by atoms with Gasteiger partial charge in [0, 0.05) is 23.7 Å². The number of rotatable bonds is 5. The molecular weight excluding hydrogens is 320 g/mol. The molecule has 2 rings (SSSR count). The number of hydrogen-bond donors (Lipinski definition) is 1. The molecule has 0 saturated carbocycles. The van der Waals surface area contributed by atoms with Gasteiger partial charge in [0.05, 0.1) is 8.07 Å². The van der Waals surface area contributed by atoms with E-state index in [4.69, 9.17) is 4.74 Å². The van der Waals surface area contributed by atoms with Crippen LogP contribution in [0, 0.1) is 0 Å². The average Bonchev–Trinajstić information content (AvgIpc) is 3.08. The minimum atomic E-state index is -1.27. The van der Waals surface area contributed by atoms with Crippen LogP contribution in [0.5, 0.6) is 0 Å². The summed E-state index contributed by atoms with van der Waals surface area (Å²) in [4.78, 5) is 0. The van der Waals surface area contributed by atoms with Gasteiger partial charge in [0.15, 0.2) is 6.29 Å². The van der Waals surface area contributed by atoms with Crippen LogP contribution in [-0.2, 0) is 28.4 Å². The molecule has 1 N–H and O–H groups in total. The summed E-state index contributed by atoms with van der Waals surface area (Å²) in [5, 5.41) is 10.8. The first-order chi connectivity index (χ1) is 9.45. The second-order valence-electron chi connectivity index (χ2n) is 5.85. The van der Waals surface area contributed by atoms with E-state index in [0.717, 1.165) is 0 Å². The molecule has 0 radical (unpaired) electrons. The fraction of sp³-hybridized carbons (Fsp3) is 0.412. The monoisotopic (exact) mass is 346 g/mol. The molecule has 21 heavy (non-hydrogen) atoms. The van der Waals surface area contributed by atoms with Crippen molar-refractivity contribution in [1.29, 1.82) is 0 Å². The summed E-state index contributed by atoms with van der Waals surface area (Å²) >= 11 is 0. The Hall–Kier alpha value is -0.644. The molecule has 0 fully saturated rings. The molecule has 0 heterocycles. The largest absolute Gasteiger partial charge is 0.748 e. The zero-order valence-electron chi connectivity index (χ0n) is 13.3. The van der Waals surface area contributed by atoms with Crippen LogP contribution in [-0.4, -0.2) is 19.5 Å². The van der Waals surface area contributed by atoms with Crippen molar-refractivity contribution in [2.75, 3.05) is 0 Å². The second kappa shape index (κ2) is 10.1. The van der Waals surface area contributed by atoms with Crippen molar-refractivity contribution in [2.45, 2.75) is 45.9 Å². The summed E-state index contributed by atoms with van der Waals surface area (Å²) in [6, 6.07) is 16.4. The maximum absolute atomic E-state index is 9.34. The van der Waals surface area contributed by atoms with Gasteiger partial charge < -0.3 is 40.2 Å². The van der Waals surface area contributed by atoms with Crippen LogP contribution in [0.4, 0.5) is 0 Å². The quantitative estimate of drug-likeness (QED) is 0.509. The van der Waals surface area contributed by atoms with Gasteiger partial charge in [-0.3, -0.25) is 0 Å². The van der Waals surface area contributed by atoms with Crippen molar-refractivity contribution < 1.29 is 26.9 Å². The normalized spacial score (nSPS) is 12.0. The zero-order valence-corrected chi connectivity index (χ0v) is 15.4. The van der Waals surface area contributed by atoms with Crippen LogP contribution in [0.25, 0.3) is 0 Å². The van der Waals surface area contributed by atoms with Crippen LogP contribution in [0.1, 0.15) is 18.9 Å². The van der Waals surface area contributed by atoms with Crippen LogP contribution in [0.2, 0.25) is 19.6 Å². The topological polar surface area (TPSA) is 29.5 Å². The molecule has 0 bridgehead atoms. The summed E-state index contributed by atoms with van der Waals surface area (Å²) in [5.74, 6) is 0. The third kappa shape index (κ3) is 7.79. The fourth-order valence-electron chi connectivity index (χ4n) is 1.94. The van der Waals surface area contributed by atoms with E-state index in [1.54, 1.807) is 0 Å². The maximum Gasteiger partial charge on any atom is 0.153 e. The Morgan fingerprint density at radius 3 is 2.14 bits per heavy atom. The van der Waals surface area contributed by atoms with E-state index in [-0.39, 0.29) is 17.1 Å². The van der Waals surface area contributed by atoms with Gasteiger partial charge in [0.25, 0.3) is 0 Å². The molecule has 124 valence electrons. The Balaban J connectivity index is 0.000000562. The first-order valence-electron chi connectivity index (χ1n) is 7.16. The van der Waals surface area contributed by atoms with Crippen molar-refractivity contribution in [1.82, 2.24) is 0 Å². The van der Waals surface area contributed by atoms with Crippen molar-refractivity contribution in [2.24, 2.45) is 0 Å². The molecule has 0 aliphatic rings. The third-order valence-electron chi connectivity index (χ3n) is 3.05. The molecule has 1 unspecified atom stereocenters. The first-order valence-corrected chi connectivity index (χ1v) is 10.7. The van der Waals surface area contributed by atoms with Gasteiger partial charge in [-0.25, -0.2) is 12.1 Å². The number of aliphatic hydroxyl groups is 1. The molecule has 0 aliphatic heterocycles. The van der Waals surface area contributed by atoms with Crippen LogP contribution in [0.3, 0.4) is 0 Å². The molecule has 2 nitrogen and oxygen atoms in total. The smallest absolute Gasteiger partial charge is 0.153 e. The van der Waals surface area contributed by atoms with E-state index in [1.165, 1.54) is 10.8 Å². The summed E-state index contributed by atoms with van der Waals surface area (Å²) in [6.45, 7) is 9.41. The predicted molar refractivity (Wildman–Crippen MR) is 88.1 cm³/mol. The van der Waals surface area contributed by atoms with Crippen LogP contribution < -0.4 is 5.19 Å². The van der Waals surface area contributed by atoms with Crippen LogP contribution in [0.15, 0.2) is 48.5 Å². The van der Waals surface area contributed by atoms with Gasteiger partial charge in [-0.15, -0.1) is 5.56 Å². The van der Waals surface area contributed by atoms with E-state index in [2.05, 4.69) is 37.8 Å². The predicted octanol–water partition coefficient (Wildman–Crippen LogP) is 3.60. The second-order valence-corrected chi connectivity index (χ2v) is 10.9. The van der Waals surface area contributed by atoms with E-state index in [0.29, 0.717) is 13.0 Å². The molecular formula is C17H26FeO2Si-6. The van der Waals surface area contributed by atoms with Crippen molar-refractivity contribution in [3.63, 3.8) is 0 Å². The Kier molecular flexibility index (Phi) is 9.83. The molecule has 0 aliphatic carbocycles. The van der Waals surface area contributed by atoms with Crippen molar-refractivity contribution >= 4 is 13.3 Å². The maximum atomic E-state index is 9.34. The zero-order chi connectivity index (χ0) is 15.0. The Morgan fingerprint density at radius 2 is 1.71 bits per heavy atom. The van der Waals surface area contributed by atoms with E-state index in [1.807, 2.05) is 37.3 Å². The summed E-state index contributed by atoms with van der Waals surface area (Å²) < 4.78 is 5.35.